The summed E-state index contributed by atoms with van der Waals surface area (Å²) in [6, 6.07) is 8.42. The first kappa shape index (κ1) is 15.7. The van der Waals surface area contributed by atoms with Crippen molar-refractivity contribution in [2.24, 2.45) is 0 Å². The van der Waals surface area contributed by atoms with Crippen LogP contribution in [0.5, 0.6) is 0 Å². The van der Waals surface area contributed by atoms with Crippen molar-refractivity contribution in [3.63, 3.8) is 0 Å². The number of anilines is 1. The number of amides is 1. The Labute approximate surface area is 137 Å². The number of thiazole rings is 1. The Morgan fingerprint density at radius 2 is 1.87 bits per heavy atom. The predicted octanol–water partition coefficient (Wildman–Crippen LogP) is 5.14. The first-order valence-electron chi connectivity index (χ1n) is 6.42. The third-order valence-corrected chi connectivity index (χ3v) is 4.63. The number of carbonyl (C=O) groups excluding carboxylic acids is 1. The van der Waals surface area contributed by atoms with Gasteiger partial charge in [0.25, 0.3) is 5.91 Å². The fraction of sp³-hybridized carbons (Fsp3) is 0.0667. The number of hydrogen-bond acceptors (Lipinski definition) is 4. The largest absolute Gasteiger partial charge is 0.417 e. The second kappa shape index (κ2) is 6.13. The average Bonchev–Trinajstić information content (AvgIpc) is 3.17. The van der Waals surface area contributed by atoms with Gasteiger partial charge in [-0.05, 0) is 23.6 Å². The first-order chi connectivity index (χ1) is 10.9. The van der Waals surface area contributed by atoms with E-state index in [1.807, 2.05) is 17.5 Å². The summed E-state index contributed by atoms with van der Waals surface area (Å²) in [5, 5.41) is 6.33. The van der Waals surface area contributed by atoms with Crippen LogP contribution in [-0.4, -0.2) is 10.9 Å². The monoisotopic (exact) mass is 354 g/mol. The highest BCUT2D eigenvalue weighted by Gasteiger charge is 2.34. The molecule has 0 saturated heterocycles. The number of carbonyl (C=O) groups is 1. The molecule has 0 unspecified atom stereocenters. The van der Waals surface area contributed by atoms with Crippen molar-refractivity contribution in [2.45, 2.75) is 6.18 Å². The molecule has 2 aromatic heterocycles. The third kappa shape index (κ3) is 3.43. The van der Waals surface area contributed by atoms with Gasteiger partial charge < -0.3 is 0 Å². The van der Waals surface area contributed by atoms with Crippen molar-refractivity contribution >= 4 is 33.7 Å². The van der Waals surface area contributed by atoms with Gasteiger partial charge in [-0.15, -0.1) is 22.7 Å². The van der Waals surface area contributed by atoms with Crippen LogP contribution < -0.4 is 5.32 Å². The number of aromatic nitrogens is 1. The molecule has 0 radical (unpaired) electrons. The van der Waals surface area contributed by atoms with Crippen molar-refractivity contribution < 1.29 is 18.0 Å². The average molecular weight is 354 g/mol. The second-order valence-electron chi connectivity index (χ2n) is 4.51. The molecule has 0 aliphatic heterocycles. The lowest BCUT2D eigenvalue weighted by Gasteiger charge is -2.11. The van der Waals surface area contributed by atoms with E-state index in [2.05, 4.69) is 10.3 Å². The molecule has 1 aromatic carbocycles. The number of hydrogen-bond donors (Lipinski definition) is 1. The summed E-state index contributed by atoms with van der Waals surface area (Å²) in [6.07, 6.45) is -4.58. The Hall–Kier alpha value is -2.19. The normalized spacial score (nSPS) is 11.4. The van der Waals surface area contributed by atoms with Crippen molar-refractivity contribution in [2.75, 3.05) is 5.32 Å². The molecule has 3 nitrogen and oxygen atoms in total. The molecule has 0 bridgehead atoms. The van der Waals surface area contributed by atoms with Crippen LogP contribution in [0.1, 0.15) is 15.9 Å². The molecule has 3 aromatic rings. The lowest BCUT2D eigenvalue weighted by molar-refractivity contribution is -0.137. The van der Waals surface area contributed by atoms with E-state index < -0.39 is 23.2 Å². The molecule has 0 aliphatic carbocycles. The lowest BCUT2D eigenvalue weighted by Crippen LogP contribution is -2.18. The van der Waals surface area contributed by atoms with Crippen LogP contribution >= 0.6 is 22.7 Å². The van der Waals surface area contributed by atoms with Gasteiger partial charge in [-0.3, -0.25) is 10.1 Å². The second-order valence-corrected chi connectivity index (χ2v) is 6.32. The smallest absolute Gasteiger partial charge is 0.298 e. The van der Waals surface area contributed by atoms with E-state index in [9.17, 15) is 18.0 Å². The van der Waals surface area contributed by atoms with E-state index in [0.717, 1.165) is 17.0 Å². The SMILES string of the molecule is O=C(Nc1nc(-c2cccs2)cs1)c1ccccc1C(F)(F)F. The Bertz CT molecular complexity index is 825. The van der Waals surface area contributed by atoms with Gasteiger partial charge >= 0.3 is 6.18 Å². The minimum absolute atomic E-state index is 0.260. The summed E-state index contributed by atoms with van der Waals surface area (Å²) in [6.45, 7) is 0. The number of benzene rings is 1. The van der Waals surface area contributed by atoms with Gasteiger partial charge in [-0.1, -0.05) is 18.2 Å². The standard InChI is InChI=1S/C15H9F3N2OS2/c16-15(17,18)10-5-2-1-4-9(10)13(21)20-14-19-11(8-23-14)12-6-3-7-22-12/h1-8H,(H,19,20,21). The van der Waals surface area contributed by atoms with Crippen LogP contribution in [0.2, 0.25) is 0 Å². The van der Waals surface area contributed by atoms with Gasteiger partial charge in [0.1, 0.15) is 0 Å². The van der Waals surface area contributed by atoms with Crippen LogP contribution in [0.4, 0.5) is 18.3 Å². The number of halogens is 3. The topological polar surface area (TPSA) is 42.0 Å². The van der Waals surface area contributed by atoms with E-state index in [1.54, 1.807) is 5.38 Å². The van der Waals surface area contributed by atoms with Crippen molar-refractivity contribution in [3.8, 4) is 10.6 Å². The van der Waals surface area contributed by atoms with Crippen molar-refractivity contribution in [1.82, 2.24) is 4.98 Å². The zero-order chi connectivity index (χ0) is 16.4. The summed E-state index contributed by atoms with van der Waals surface area (Å²) >= 11 is 2.66. The maximum absolute atomic E-state index is 12.9. The van der Waals surface area contributed by atoms with Gasteiger partial charge in [0, 0.05) is 5.38 Å². The lowest BCUT2D eigenvalue weighted by atomic mass is 10.1. The van der Waals surface area contributed by atoms with E-state index in [4.69, 9.17) is 0 Å². The summed E-state index contributed by atoms with van der Waals surface area (Å²) in [7, 11) is 0. The van der Waals surface area contributed by atoms with Crippen molar-refractivity contribution in [3.05, 3.63) is 58.3 Å². The zero-order valence-corrected chi connectivity index (χ0v) is 13.1. The number of thiophene rings is 1. The van der Waals surface area contributed by atoms with E-state index in [-0.39, 0.29) is 5.13 Å². The predicted molar refractivity (Wildman–Crippen MR) is 84.8 cm³/mol. The minimum atomic E-state index is -4.58. The van der Waals surface area contributed by atoms with Crippen LogP contribution in [0.25, 0.3) is 10.6 Å². The maximum atomic E-state index is 12.9. The van der Waals surface area contributed by atoms with Gasteiger partial charge in [0.15, 0.2) is 5.13 Å². The summed E-state index contributed by atoms with van der Waals surface area (Å²) < 4.78 is 38.8. The maximum Gasteiger partial charge on any atom is 0.417 e. The molecular weight excluding hydrogens is 345 g/mol. The minimum Gasteiger partial charge on any atom is -0.298 e. The fourth-order valence-electron chi connectivity index (χ4n) is 1.96. The van der Waals surface area contributed by atoms with Gasteiger partial charge in [0.2, 0.25) is 0 Å². The number of rotatable bonds is 3. The molecule has 1 amide bonds. The molecule has 0 saturated carbocycles. The molecule has 0 atom stereocenters. The molecule has 8 heteroatoms. The summed E-state index contributed by atoms with van der Waals surface area (Å²) in [4.78, 5) is 17.3. The van der Waals surface area contributed by atoms with Crippen LogP contribution in [-0.2, 0) is 6.18 Å². The van der Waals surface area contributed by atoms with Crippen molar-refractivity contribution in [1.29, 1.82) is 0 Å². The molecule has 3 rings (SSSR count). The summed E-state index contributed by atoms with van der Waals surface area (Å²) in [5.41, 5.74) is -0.704. The van der Waals surface area contributed by atoms with Crippen LogP contribution in [0.15, 0.2) is 47.2 Å². The highest BCUT2D eigenvalue weighted by molar-refractivity contribution is 7.16. The van der Waals surface area contributed by atoms with E-state index in [0.29, 0.717) is 5.69 Å². The molecule has 0 fully saturated rings. The fourth-order valence-corrected chi connectivity index (χ4v) is 3.43. The van der Waals surface area contributed by atoms with Gasteiger partial charge in [0.05, 0.1) is 21.7 Å². The number of nitrogens with one attached hydrogen (secondary N) is 1. The molecule has 0 spiro atoms. The van der Waals surface area contributed by atoms with Crippen LogP contribution in [0, 0.1) is 0 Å². The molecule has 1 N–H and O–H groups in total. The van der Waals surface area contributed by atoms with Gasteiger partial charge in [-0.2, -0.15) is 13.2 Å². The molecule has 0 aliphatic rings. The Morgan fingerprint density at radius 3 is 2.57 bits per heavy atom. The zero-order valence-electron chi connectivity index (χ0n) is 11.4. The Morgan fingerprint density at radius 1 is 1.09 bits per heavy atom. The van der Waals surface area contributed by atoms with Crippen LogP contribution in [0.3, 0.4) is 0 Å². The number of nitrogens with zero attached hydrogens (tertiary/aromatic N) is 1. The van der Waals surface area contributed by atoms with E-state index >= 15 is 0 Å². The highest BCUT2D eigenvalue weighted by Crippen LogP contribution is 2.33. The molecular formula is C15H9F3N2OS2. The Kier molecular flexibility index (Phi) is 4.18. The molecule has 23 heavy (non-hydrogen) atoms. The Balaban J connectivity index is 1.83. The molecule has 118 valence electrons. The quantitative estimate of drug-likeness (QED) is 0.707. The third-order valence-electron chi connectivity index (χ3n) is 2.98. The summed E-state index contributed by atoms with van der Waals surface area (Å²) in [5.74, 6) is -0.829. The first-order valence-corrected chi connectivity index (χ1v) is 8.18. The van der Waals surface area contributed by atoms with E-state index in [1.165, 1.54) is 34.8 Å². The molecule has 2 heterocycles. The highest BCUT2D eigenvalue weighted by atomic mass is 32.1. The van der Waals surface area contributed by atoms with Gasteiger partial charge in [-0.25, -0.2) is 4.98 Å². The number of alkyl halides is 3.